The van der Waals surface area contributed by atoms with Crippen molar-refractivity contribution >= 4 is 28.6 Å². The molecule has 0 spiro atoms. The fourth-order valence-electron chi connectivity index (χ4n) is 4.36. The molecule has 0 bridgehead atoms. The highest BCUT2D eigenvalue weighted by Gasteiger charge is 2.22. The quantitative estimate of drug-likeness (QED) is 0.308. The number of nitrogens with one attached hydrogen (secondary N) is 4. The molecule has 9 nitrogen and oxygen atoms in total. The number of imidazole rings is 1. The second-order valence-electron chi connectivity index (χ2n) is 9.23. The van der Waals surface area contributed by atoms with E-state index in [9.17, 15) is 0 Å². The minimum Gasteiger partial charge on any atom is -0.367 e. The number of pyridine rings is 1. The van der Waals surface area contributed by atoms with Crippen molar-refractivity contribution in [3.05, 3.63) is 54.2 Å². The molecule has 4 heterocycles. The number of anilines is 3. The highest BCUT2D eigenvalue weighted by Crippen LogP contribution is 2.31. The first-order valence-corrected chi connectivity index (χ1v) is 12.1. The number of benzene rings is 1. The van der Waals surface area contributed by atoms with Crippen LogP contribution in [0, 0.1) is 11.7 Å². The van der Waals surface area contributed by atoms with E-state index >= 15 is 4.39 Å². The van der Waals surface area contributed by atoms with Crippen LogP contribution in [0.1, 0.15) is 18.4 Å². The molecule has 0 amide bonds. The number of fused-ring (bicyclic) bond motifs is 1. The van der Waals surface area contributed by atoms with Crippen molar-refractivity contribution in [2.75, 3.05) is 43.4 Å². The first-order valence-electron chi connectivity index (χ1n) is 12.1. The zero-order valence-electron chi connectivity index (χ0n) is 19.4. The van der Waals surface area contributed by atoms with Crippen LogP contribution in [0.2, 0.25) is 0 Å². The second kappa shape index (κ2) is 9.55. The Balaban J connectivity index is 1.19. The molecule has 1 saturated heterocycles. The number of aromatic nitrogens is 5. The molecule has 2 aliphatic rings. The Kier molecular flexibility index (Phi) is 5.97. The van der Waals surface area contributed by atoms with Gasteiger partial charge in [0.05, 0.1) is 11.0 Å². The normalized spacial score (nSPS) is 16.5. The van der Waals surface area contributed by atoms with Crippen LogP contribution in [0.15, 0.2) is 42.9 Å². The van der Waals surface area contributed by atoms with E-state index in [-0.39, 0.29) is 11.5 Å². The molecule has 4 N–H and O–H groups in total. The van der Waals surface area contributed by atoms with E-state index in [0.717, 1.165) is 56.1 Å². The van der Waals surface area contributed by atoms with Gasteiger partial charge in [-0.25, -0.2) is 24.3 Å². The average Bonchev–Trinajstić information content (AvgIpc) is 3.62. The molecular weight excluding hydrogens is 445 g/mol. The summed E-state index contributed by atoms with van der Waals surface area (Å²) in [6.07, 6.45) is 5.59. The van der Waals surface area contributed by atoms with Gasteiger partial charge in [0, 0.05) is 51.0 Å². The SMILES string of the molecule is Fc1c(NCC2CC2)ncnc1-c1ccc2nc(Nc3cc(CN4CCNCC4)ccn3)[nH]c2c1. The summed E-state index contributed by atoms with van der Waals surface area (Å²) in [5, 5.41) is 9.76. The van der Waals surface area contributed by atoms with Crippen molar-refractivity contribution in [1.82, 2.24) is 35.1 Å². The number of hydrogen-bond acceptors (Lipinski definition) is 8. The van der Waals surface area contributed by atoms with Gasteiger partial charge in [0.15, 0.2) is 11.6 Å². The largest absolute Gasteiger partial charge is 0.367 e. The first kappa shape index (κ1) is 21.9. The summed E-state index contributed by atoms with van der Waals surface area (Å²) in [5.41, 5.74) is 3.69. The second-order valence-corrected chi connectivity index (χ2v) is 9.23. The van der Waals surface area contributed by atoms with Crippen LogP contribution in [-0.4, -0.2) is 62.5 Å². The Morgan fingerprint density at radius 2 is 1.94 bits per heavy atom. The summed E-state index contributed by atoms with van der Waals surface area (Å²) in [5.74, 6) is 1.75. The van der Waals surface area contributed by atoms with Crippen molar-refractivity contribution in [3.63, 3.8) is 0 Å². The molecule has 3 aromatic heterocycles. The summed E-state index contributed by atoms with van der Waals surface area (Å²) in [6.45, 7) is 5.77. The Hall–Kier alpha value is -3.63. The summed E-state index contributed by atoms with van der Waals surface area (Å²) in [7, 11) is 0. The Morgan fingerprint density at radius 1 is 1.06 bits per heavy atom. The van der Waals surface area contributed by atoms with Crippen LogP contribution in [-0.2, 0) is 6.54 Å². The van der Waals surface area contributed by atoms with Gasteiger partial charge in [0.25, 0.3) is 0 Å². The highest BCUT2D eigenvalue weighted by atomic mass is 19.1. The van der Waals surface area contributed by atoms with Crippen molar-refractivity contribution in [2.24, 2.45) is 5.92 Å². The van der Waals surface area contributed by atoms with Gasteiger partial charge in [-0.1, -0.05) is 6.07 Å². The monoisotopic (exact) mass is 473 g/mol. The molecule has 35 heavy (non-hydrogen) atoms. The fourth-order valence-corrected chi connectivity index (χ4v) is 4.36. The summed E-state index contributed by atoms with van der Waals surface area (Å²) in [6, 6.07) is 9.64. The smallest absolute Gasteiger partial charge is 0.206 e. The molecule has 10 heteroatoms. The third-order valence-electron chi connectivity index (χ3n) is 6.49. The van der Waals surface area contributed by atoms with E-state index in [0.29, 0.717) is 17.4 Å². The topological polar surface area (TPSA) is 107 Å². The molecule has 1 aliphatic carbocycles. The molecule has 2 fully saturated rings. The Labute approximate surface area is 202 Å². The van der Waals surface area contributed by atoms with E-state index in [1.165, 1.54) is 24.7 Å². The third kappa shape index (κ3) is 5.08. The zero-order chi connectivity index (χ0) is 23.6. The fraction of sp³-hybridized carbons (Fsp3) is 0.360. The molecule has 1 saturated carbocycles. The van der Waals surface area contributed by atoms with Gasteiger partial charge < -0.3 is 20.9 Å². The number of H-pyrrole nitrogens is 1. The van der Waals surface area contributed by atoms with Crippen molar-refractivity contribution in [3.8, 4) is 11.3 Å². The lowest BCUT2D eigenvalue weighted by molar-refractivity contribution is 0.233. The van der Waals surface area contributed by atoms with Gasteiger partial charge in [-0.2, -0.15) is 0 Å². The van der Waals surface area contributed by atoms with Crippen LogP contribution >= 0.6 is 0 Å². The summed E-state index contributed by atoms with van der Waals surface area (Å²) < 4.78 is 15.1. The number of piperazine rings is 1. The van der Waals surface area contributed by atoms with Gasteiger partial charge in [-0.3, -0.25) is 4.90 Å². The maximum absolute atomic E-state index is 15.1. The molecule has 0 atom stereocenters. The molecule has 1 aliphatic heterocycles. The average molecular weight is 474 g/mol. The van der Waals surface area contributed by atoms with E-state index in [1.54, 1.807) is 0 Å². The van der Waals surface area contributed by atoms with Crippen LogP contribution in [0.3, 0.4) is 0 Å². The maximum Gasteiger partial charge on any atom is 0.206 e. The van der Waals surface area contributed by atoms with E-state index in [1.807, 2.05) is 36.5 Å². The first-order chi connectivity index (χ1) is 17.2. The van der Waals surface area contributed by atoms with Crippen LogP contribution < -0.4 is 16.0 Å². The van der Waals surface area contributed by atoms with Crippen molar-refractivity contribution in [2.45, 2.75) is 19.4 Å². The van der Waals surface area contributed by atoms with E-state index in [4.69, 9.17) is 0 Å². The van der Waals surface area contributed by atoms with Gasteiger partial charge in [0.1, 0.15) is 17.8 Å². The number of rotatable bonds is 8. The predicted molar refractivity (Wildman–Crippen MR) is 134 cm³/mol. The zero-order valence-corrected chi connectivity index (χ0v) is 19.4. The number of halogens is 1. The van der Waals surface area contributed by atoms with Crippen molar-refractivity contribution in [1.29, 1.82) is 0 Å². The van der Waals surface area contributed by atoms with Crippen LogP contribution in [0.4, 0.5) is 22.0 Å². The van der Waals surface area contributed by atoms with Gasteiger partial charge in [-0.15, -0.1) is 0 Å². The van der Waals surface area contributed by atoms with Gasteiger partial charge >= 0.3 is 0 Å². The molecule has 4 aromatic rings. The van der Waals surface area contributed by atoms with Gasteiger partial charge in [0.2, 0.25) is 5.95 Å². The van der Waals surface area contributed by atoms with Crippen LogP contribution in [0.5, 0.6) is 0 Å². The number of aromatic amines is 1. The Bertz CT molecular complexity index is 1330. The minimum atomic E-state index is -0.434. The van der Waals surface area contributed by atoms with Gasteiger partial charge in [-0.05, 0) is 48.6 Å². The summed E-state index contributed by atoms with van der Waals surface area (Å²) in [4.78, 5) is 23.0. The predicted octanol–water partition coefficient (Wildman–Crippen LogP) is 3.52. The molecule has 0 radical (unpaired) electrons. The molecule has 6 rings (SSSR count). The molecular formula is C25H28FN9. The molecule has 180 valence electrons. The molecule has 1 aromatic carbocycles. The minimum absolute atomic E-state index is 0.251. The lowest BCUT2D eigenvalue weighted by Crippen LogP contribution is -2.42. The lowest BCUT2D eigenvalue weighted by Gasteiger charge is -2.27. The number of hydrogen-bond donors (Lipinski definition) is 4. The Morgan fingerprint density at radius 3 is 2.80 bits per heavy atom. The van der Waals surface area contributed by atoms with Crippen molar-refractivity contribution < 1.29 is 4.39 Å². The lowest BCUT2D eigenvalue weighted by atomic mass is 10.1. The van der Waals surface area contributed by atoms with E-state index < -0.39 is 5.82 Å². The standard InChI is InChI=1S/C25H28FN9/c26-22-23(30-15-31-24(22)29-13-16-1-2-16)18-3-4-19-20(12-18)33-25(32-19)34-21-11-17(5-6-28-21)14-35-9-7-27-8-10-35/h3-6,11-12,15-16,27H,1-2,7-10,13-14H2,(H,29,30,31)(H2,28,32,33,34). The number of nitrogens with zero attached hydrogens (tertiary/aromatic N) is 5. The summed E-state index contributed by atoms with van der Waals surface area (Å²) >= 11 is 0. The third-order valence-corrected chi connectivity index (χ3v) is 6.49. The molecule has 0 unspecified atom stereocenters. The van der Waals surface area contributed by atoms with E-state index in [2.05, 4.69) is 45.8 Å². The van der Waals surface area contributed by atoms with Crippen LogP contribution in [0.25, 0.3) is 22.3 Å². The maximum atomic E-state index is 15.1. The highest BCUT2D eigenvalue weighted by molar-refractivity contribution is 5.83.